The van der Waals surface area contributed by atoms with Crippen LogP contribution < -0.4 is 5.73 Å². The number of hydrogen-bond acceptors (Lipinski definition) is 5. The van der Waals surface area contributed by atoms with Crippen molar-refractivity contribution in [3.05, 3.63) is 41.5 Å². The summed E-state index contributed by atoms with van der Waals surface area (Å²) in [6.07, 6.45) is 2.85. The molecule has 1 fully saturated rings. The molecule has 2 aromatic rings. The van der Waals surface area contributed by atoms with E-state index in [2.05, 4.69) is 10.2 Å². The predicted molar refractivity (Wildman–Crippen MR) is 97.2 cm³/mol. The fraction of sp³-hybridized carbons (Fsp3) is 0.500. The lowest BCUT2D eigenvalue weighted by Crippen LogP contribution is -2.19. The van der Waals surface area contributed by atoms with Gasteiger partial charge < -0.3 is 15.0 Å². The first-order valence-corrected chi connectivity index (χ1v) is 9.65. The Bertz CT molecular complexity index is 761. The van der Waals surface area contributed by atoms with Crippen LogP contribution in [0.5, 0.6) is 0 Å². The van der Waals surface area contributed by atoms with Crippen molar-refractivity contribution in [2.24, 2.45) is 5.73 Å². The molecule has 1 aromatic heterocycles. The molecule has 3 rings (SSSR count). The zero-order valence-corrected chi connectivity index (χ0v) is 15.5. The molecule has 140 valence electrons. The second kappa shape index (κ2) is 8.64. The molecule has 2 atom stereocenters. The van der Waals surface area contributed by atoms with E-state index in [1.807, 2.05) is 17.6 Å². The van der Waals surface area contributed by atoms with Crippen LogP contribution in [0.15, 0.2) is 29.4 Å². The maximum absolute atomic E-state index is 13.5. The number of ether oxygens (including phenoxy) is 1. The molecule has 1 aliphatic rings. The van der Waals surface area contributed by atoms with E-state index in [9.17, 15) is 9.18 Å². The lowest BCUT2D eigenvalue weighted by atomic mass is 10.2. The van der Waals surface area contributed by atoms with E-state index in [4.69, 9.17) is 10.5 Å². The molecule has 2 N–H and O–H groups in total. The average Bonchev–Trinajstić information content (AvgIpc) is 3.24. The normalized spacial score (nSPS) is 18.2. The first kappa shape index (κ1) is 18.8. The van der Waals surface area contributed by atoms with Gasteiger partial charge in [-0.15, -0.1) is 10.2 Å². The summed E-state index contributed by atoms with van der Waals surface area (Å²) in [7, 11) is 0. The zero-order valence-electron chi connectivity index (χ0n) is 14.7. The number of benzene rings is 1. The van der Waals surface area contributed by atoms with Crippen molar-refractivity contribution >= 4 is 17.7 Å². The molecule has 6 nitrogen and oxygen atoms in total. The summed E-state index contributed by atoms with van der Waals surface area (Å²) in [6, 6.07) is 6.57. The van der Waals surface area contributed by atoms with E-state index in [1.165, 1.54) is 23.9 Å². The highest BCUT2D eigenvalue weighted by Gasteiger charge is 2.22. The van der Waals surface area contributed by atoms with Crippen LogP contribution in [0.1, 0.15) is 42.8 Å². The molecule has 0 radical (unpaired) electrons. The van der Waals surface area contributed by atoms with Gasteiger partial charge in [-0.2, -0.15) is 0 Å². The van der Waals surface area contributed by atoms with Crippen LogP contribution in [0, 0.1) is 5.82 Å². The molecule has 1 aromatic carbocycles. The number of hydrogen-bond donors (Lipinski definition) is 1. The Balaban J connectivity index is 1.79. The van der Waals surface area contributed by atoms with Gasteiger partial charge in [0.1, 0.15) is 11.6 Å². The Morgan fingerprint density at radius 2 is 2.35 bits per heavy atom. The Morgan fingerprint density at radius 3 is 3.04 bits per heavy atom. The van der Waals surface area contributed by atoms with Gasteiger partial charge in [-0.3, -0.25) is 4.79 Å². The highest BCUT2D eigenvalue weighted by atomic mass is 32.2. The van der Waals surface area contributed by atoms with Crippen LogP contribution in [0.3, 0.4) is 0 Å². The van der Waals surface area contributed by atoms with E-state index < -0.39 is 0 Å². The molecule has 0 unspecified atom stereocenters. The third kappa shape index (κ3) is 4.82. The minimum Gasteiger partial charge on any atom is -0.376 e. The Labute approximate surface area is 156 Å². The summed E-state index contributed by atoms with van der Waals surface area (Å²) in [5.41, 5.74) is 6.16. The van der Waals surface area contributed by atoms with Gasteiger partial charge in [-0.05, 0) is 37.5 Å². The van der Waals surface area contributed by atoms with Crippen LogP contribution in [-0.2, 0) is 22.5 Å². The largest absolute Gasteiger partial charge is 0.376 e. The fourth-order valence-corrected chi connectivity index (χ4v) is 3.98. The molecule has 1 aliphatic heterocycles. The van der Waals surface area contributed by atoms with Crippen molar-refractivity contribution in [3.8, 4) is 0 Å². The number of halogens is 1. The van der Waals surface area contributed by atoms with Gasteiger partial charge in [0.2, 0.25) is 5.91 Å². The summed E-state index contributed by atoms with van der Waals surface area (Å²) in [5.74, 6) is 0.116. The van der Waals surface area contributed by atoms with Crippen LogP contribution in [0.25, 0.3) is 0 Å². The van der Waals surface area contributed by atoms with Crippen molar-refractivity contribution in [1.82, 2.24) is 14.8 Å². The van der Waals surface area contributed by atoms with E-state index in [0.29, 0.717) is 13.0 Å². The van der Waals surface area contributed by atoms with Crippen LogP contribution in [0.4, 0.5) is 4.39 Å². The Hall–Kier alpha value is -1.93. The standard InChI is InChI=1S/C18H23FN4O2S/c1-12(13-4-2-5-14(19)10-13)26-18-22-21-17(8-7-16(20)24)23(18)11-15-6-3-9-25-15/h2,4-5,10,12,15H,3,6-9,11H2,1H3,(H2,20,24)/t12-,15-/m0/s1. The first-order valence-electron chi connectivity index (χ1n) is 8.77. The molecule has 8 heteroatoms. The number of amides is 1. The minimum atomic E-state index is -0.362. The monoisotopic (exact) mass is 378 g/mol. The maximum atomic E-state index is 13.5. The summed E-state index contributed by atoms with van der Waals surface area (Å²) >= 11 is 1.52. The lowest BCUT2D eigenvalue weighted by Gasteiger charge is -2.16. The zero-order chi connectivity index (χ0) is 18.5. The maximum Gasteiger partial charge on any atom is 0.217 e. The fourth-order valence-electron chi connectivity index (χ4n) is 2.99. The third-order valence-electron chi connectivity index (χ3n) is 4.40. The number of carbonyl (C=O) groups is 1. The van der Waals surface area contributed by atoms with E-state index >= 15 is 0 Å². The number of nitrogens with two attached hydrogens (primary N) is 1. The number of thioether (sulfide) groups is 1. The molecular weight excluding hydrogens is 355 g/mol. The number of aryl methyl sites for hydroxylation is 1. The second-order valence-corrected chi connectivity index (χ2v) is 7.73. The number of rotatable bonds is 8. The van der Waals surface area contributed by atoms with E-state index in [1.54, 1.807) is 6.07 Å². The highest BCUT2D eigenvalue weighted by Crippen LogP contribution is 2.34. The average molecular weight is 378 g/mol. The quantitative estimate of drug-likeness (QED) is 0.714. The molecule has 1 saturated heterocycles. The van der Waals surface area contributed by atoms with Crippen LogP contribution in [0.2, 0.25) is 0 Å². The van der Waals surface area contributed by atoms with Gasteiger partial charge in [0, 0.05) is 24.7 Å². The smallest absolute Gasteiger partial charge is 0.217 e. The summed E-state index contributed by atoms with van der Waals surface area (Å²) in [4.78, 5) is 11.1. The lowest BCUT2D eigenvalue weighted by molar-refractivity contribution is -0.118. The van der Waals surface area contributed by atoms with Gasteiger partial charge in [0.05, 0.1) is 12.6 Å². The van der Waals surface area contributed by atoms with Crippen molar-refractivity contribution in [2.45, 2.75) is 55.7 Å². The molecule has 0 bridgehead atoms. The van der Waals surface area contributed by atoms with Crippen molar-refractivity contribution < 1.29 is 13.9 Å². The predicted octanol–water partition coefficient (Wildman–Crippen LogP) is 2.87. The molecule has 2 heterocycles. The first-order chi connectivity index (χ1) is 12.5. The molecule has 0 spiro atoms. The van der Waals surface area contributed by atoms with E-state index in [-0.39, 0.29) is 29.5 Å². The molecule has 0 saturated carbocycles. The van der Waals surface area contributed by atoms with E-state index in [0.717, 1.165) is 36.0 Å². The molecule has 1 amide bonds. The Morgan fingerprint density at radius 1 is 1.50 bits per heavy atom. The van der Waals surface area contributed by atoms with Gasteiger partial charge >= 0.3 is 0 Å². The summed E-state index contributed by atoms with van der Waals surface area (Å²) < 4.78 is 21.2. The molecule has 0 aliphatic carbocycles. The molecule has 26 heavy (non-hydrogen) atoms. The van der Waals surface area contributed by atoms with Crippen LogP contribution >= 0.6 is 11.8 Å². The van der Waals surface area contributed by atoms with Gasteiger partial charge in [0.15, 0.2) is 5.16 Å². The van der Waals surface area contributed by atoms with Crippen molar-refractivity contribution in [1.29, 1.82) is 0 Å². The topological polar surface area (TPSA) is 83.0 Å². The number of carbonyl (C=O) groups excluding carboxylic acids is 1. The van der Waals surface area contributed by atoms with Crippen LogP contribution in [-0.4, -0.2) is 33.4 Å². The SMILES string of the molecule is C[C@H](Sc1nnc(CCC(N)=O)n1C[C@@H]1CCCO1)c1cccc(F)c1. The Kier molecular flexibility index (Phi) is 6.26. The molecular formula is C18H23FN4O2S. The minimum absolute atomic E-state index is 0.0159. The highest BCUT2D eigenvalue weighted by molar-refractivity contribution is 7.99. The van der Waals surface area contributed by atoms with Gasteiger partial charge in [-0.25, -0.2) is 4.39 Å². The van der Waals surface area contributed by atoms with Gasteiger partial charge in [-0.1, -0.05) is 23.9 Å². The number of primary amides is 1. The number of aromatic nitrogens is 3. The van der Waals surface area contributed by atoms with Crippen molar-refractivity contribution in [3.63, 3.8) is 0 Å². The second-order valence-electron chi connectivity index (χ2n) is 6.43. The van der Waals surface area contributed by atoms with Gasteiger partial charge in [0.25, 0.3) is 0 Å². The number of nitrogens with zero attached hydrogens (tertiary/aromatic N) is 3. The summed E-state index contributed by atoms with van der Waals surface area (Å²) in [6.45, 7) is 3.43. The summed E-state index contributed by atoms with van der Waals surface area (Å²) in [5, 5.41) is 9.31. The third-order valence-corrected chi connectivity index (χ3v) is 5.54. The van der Waals surface area contributed by atoms with Crippen molar-refractivity contribution in [2.75, 3.05) is 6.61 Å².